The highest BCUT2D eigenvalue weighted by Crippen LogP contribution is 2.20. The number of furan rings is 1. The summed E-state index contributed by atoms with van der Waals surface area (Å²) in [5.41, 5.74) is 1.19. The molecule has 0 atom stereocenters. The van der Waals surface area contributed by atoms with Gasteiger partial charge >= 0.3 is 0 Å². The third-order valence-electron chi connectivity index (χ3n) is 3.71. The van der Waals surface area contributed by atoms with Gasteiger partial charge in [0.05, 0.1) is 25.3 Å². The number of benzene rings is 1. The highest BCUT2D eigenvalue weighted by atomic mass is 16.5. The summed E-state index contributed by atoms with van der Waals surface area (Å²) in [5.74, 6) is 1.56. The zero-order chi connectivity index (χ0) is 16.5. The number of aromatic nitrogens is 3. The topological polar surface area (TPSA) is 83.3 Å². The van der Waals surface area contributed by atoms with Crippen LogP contribution in [-0.2, 0) is 6.54 Å². The molecule has 3 aromatic heterocycles. The van der Waals surface area contributed by atoms with E-state index in [0.29, 0.717) is 22.7 Å². The Morgan fingerprint density at radius 2 is 2.00 bits per heavy atom. The molecule has 0 N–H and O–H groups in total. The average molecular weight is 323 g/mol. The molecule has 1 aromatic carbocycles. The summed E-state index contributed by atoms with van der Waals surface area (Å²) in [5, 5.41) is 4.46. The van der Waals surface area contributed by atoms with Crippen LogP contribution in [0.4, 0.5) is 0 Å². The summed E-state index contributed by atoms with van der Waals surface area (Å²) in [6.07, 6.45) is 3.14. The summed E-state index contributed by atoms with van der Waals surface area (Å²) in [7, 11) is 1.61. The maximum atomic E-state index is 12.3. The Bertz CT molecular complexity index is 1040. The first-order valence-corrected chi connectivity index (χ1v) is 7.28. The molecule has 3 heterocycles. The zero-order valence-corrected chi connectivity index (χ0v) is 12.8. The van der Waals surface area contributed by atoms with Crippen LogP contribution in [0, 0.1) is 0 Å². The van der Waals surface area contributed by atoms with Gasteiger partial charge in [-0.25, -0.2) is 0 Å². The number of fused-ring (bicyclic) bond motifs is 1. The number of hydrogen-bond donors (Lipinski definition) is 0. The van der Waals surface area contributed by atoms with Crippen molar-refractivity contribution in [2.24, 2.45) is 0 Å². The molecule has 0 aliphatic heterocycles. The molecular formula is C17H13N3O4. The quantitative estimate of drug-likeness (QED) is 0.574. The zero-order valence-electron chi connectivity index (χ0n) is 12.8. The van der Waals surface area contributed by atoms with Gasteiger partial charge in [0.15, 0.2) is 5.82 Å². The first kappa shape index (κ1) is 14.3. The lowest BCUT2D eigenvalue weighted by molar-refractivity contribution is 0.413. The molecule has 0 aliphatic rings. The van der Waals surface area contributed by atoms with Crippen LogP contribution < -0.4 is 10.3 Å². The van der Waals surface area contributed by atoms with Crippen molar-refractivity contribution in [3.05, 3.63) is 65.0 Å². The third kappa shape index (κ3) is 2.45. The van der Waals surface area contributed by atoms with Crippen molar-refractivity contribution >= 4 is 11.0 Å². The normalized spacial score (nSPS) is 11.0. The van der Waals surface area contributed by atoms with Crippen molar-refractivity contribution in [1.29, 1.82) is 0 Å². The Morgan fingerprint density at radius 1 is 1.17 bits per heavy atom. The van der Waals surface area contributed by atoms with E-state index in [1.54, 1.807) is 25.4 Å². The maximum absolute atomic E-state index is 12.3. The molecule has 24 heavy (non-hydrogen) atoms. The van der Waals surface area contributed by atoms with Crippen molar-refractivity contribution in [3.8, 4) is 17.2 Å². The van der Waals surface area contributed by atoms with Gasteiger partial charge in [-0.05, 0) is 36.4 Å². The van der Waals surface area contributed by atoms with Gasteiger partial charge in [-0.1, -0.05) is 5.16 Å². The standard InChI is InChI=1S/C17H13N3O4/c1-22-12-4-2-11(3-5-12)16-18-15(19-24-16)10-20-8-6-14-13(17(20)21)7-9-23-14/h2-9H,10H2,1H3. The van der Waals surface area contributed by atoms with Crippen molar-refractivity contribution in [3.63, 3.8) is 0 Å². The molecule has 120 valence electrons. The van der Waals surface area contributed by atoms with Crippen molar-refractivity contribution in [2.45, 2.75) is 6.54 Å². The molecule has 4 rings (SSSR count). The summed E-state index contributed by atoms with van der Waals surface area (Å²) in [6.45, 7) is 0.222. The van der Waals surface area contributed by atoms with Gasteiger partial charge in [-0.15, -0.1) is 0 Å². The lowest BCUT2D eigenvalue weighted by atomic mass is 10.2. The van der Waals surface area contributed by atoms with Crippen molar-refractivity contribution in [1.82, 2.24) is 14.7 Å². The molecule has 0 bridgehead atoms. The molecule has 0 fully saturated rings. The number of rotatable bonds is 4. The smallest absolute Gasteiger partial charge is 0.262 e. The second-order valence-corrected chi connectivity index (χ2v) is 5.19. The van der Waals surface area contributed by atoms with E-state index in [-0.39, 0.29) is 12.1 Å². The van der Waals surface area contributed by atoms with Crippen LogP contribution >= 0.6 is 0 Å². The predicted octanol–water partition coefficient (Wildman–Crippen LogP) is 2.70. The van der Waals surface area contributed by atoms with Gasteiger partial charge in [0, 0.05) is 11.8 Å². The summed E-state index contributed by atoms with van der Waals surface area (Å²) >= 11 is 0. The Kier molecular flexibility index (Phi) is 3.38. The van der Waals surface area contributed by atoms with Crippen molar-refractivity contribution in [2.75, 3.05) is 7.11 Å². The molecule has 0 radical (unpaired) electrons. The predicted molar refractivity (Wildman–Crippen MR) is 85.9 cm³/mol. The molecule has 0 saturated heterocycles. The van der Waals surface area contributed by atoms with Gasteiger partial charge in [-0.2, -0.15) is 4.98 Å². The fraction of sp³-hybridized carbons (Fsp3) is 0.118. The van der Waals surface area contributed by atoms with E-state index in [1.165, 1.54) is 10.8 Å². The average Bonchev–Trinajstić information content (AvgIpc) is 3.27. The Labute approximate surface area is 136 Å². The molecule has 0 unspecified atom stereocenters. The Morgan fingerprint density at radius 3 is 2.79 bits per heavy atom. The molecule has 0 amide bonds. The van der Waals surface area contributed by atoms with Gasteiger partial charge < -0.3 is 18.2 Å². The molecule has 7 nitrogen and oxygen atoms in total. The van der Waals surface area contributed by atoms with Crippen LogP contribution in [0.5, 0.6) is 5.75 Å². The molecular weight excluding hydrogens is 310 g/mol. The van der Waals surface area contributed by atoms with Gasteiger partial charge in [-0.3, -0.25) is 4.79 Å². The molecule has 0 spiro atoms. The SMILES string of the molecule is COc1ccc(-c2nc(Cn3ccc4occc4c3=O)no2)cc1. The number of hydrogen-bond acceptors (Lipinski definition) is 6. The minimum absolute atomic E-state index is 0.156. The Hall–Kier alpha value is -3.35. The molecule has 7 heteroatoms. The lowest BCUT2D eigenvalue weighted by Crippen LogP contribution is -2.20. The van der Waals surface area contributed by atoms with E-state index in [0.717, 1.165) is 11.3 Å². The first-order chi connectivity index (χ1) is 11.7. The lowest BCUT2D eigenvalue weighted by Gasteiger charge is -2.01. The molecule has 0 aliphatic carbocycles. The van der Waals surface area contributed by atoms with Crippen LogP contribution in [0.2, 0.25) is 0 Å². The van der Waals surface area contributed by atoms with Gasteiger partial charge in [0.25, 0.3) is 11.4 Å². The minimum atomic E-state index is -0.156. The fourth-order valence-corrected chi connectivity index (χ4v) is 2.45. The van der Waals surface area contributed by atoms with E-state index in [9.17, 15) is 4.79 Å². The molecule has 0 saturated carbocycles. The first-order valence-electron chi connectivity index (χ1n) is 7.28. The van der Waals surface area contributed by atoms with Crippen molar-refractivity contribution < 1.29 is 13.7 Å². The van der Waals surface area contributed by atoms with Gasteiger partial charge in [0.1, 0.15) is 11.3 Å². The van der Waals surface area contributed by atoms with E-state index in [4.69, 9.17) is 13.7 Å². The highest BCUT2D eigenvalue weighted by Gasteiger charge is 2.11. The summed E-state index contributed by atoms with van der Waals surface area (Å²) < 4.78 is 17.1. The van der Waals surface area contributed by atoms with Crippen LogP contribution in [0.25, 0.3) is 22.4 Å². The second-order valence-electron chi connectivity index (χ2n) is 5.19. The van der Waals surface area contributed by atoms with Crippen LogP contribution in [0.1, 0.15) is 5.82 Å². The van der Waals surface area contributed by atoms with Crippen LogP contribution in [0.15, 0.2) is 62.6 Å². The minimum Gasteiger partial charge on any atom is -0.497 e. The monoisotopic (exact) mass is 323 g/mol. The summed E-state index contributed by atoms with van der Waals surface area (Å²) in [4.78, 5) is 16.7. The van der Waals surface area contributed by atoms with E-state index < -0.39 is 0 Å². The third-order valence-corrected chi connectivity index (χ3v) is 3.71. The second kappa shape index (κ2) is 5.69. The highest BCUT2D eigenvalue weighted by molar-refractivity contribution is 5.75. The number of pyridine rings is 1. The van der Waals surface area contributed by atoms with Crippen LogP contribution in [0.3, 0.4) is 0 Å². The molecule has 4 aromatic rings. The van der Waals surface area contributed by atoms with E-state index >= 15 is 0 Å². The largest absolute Gasteiger partial charge is 0.497 e. The maximum Gasteiger partial charge on any atom is 0.262 e. The van der Waals surface area contributed by atoms with E-state index in [1.807, 2.05) is 24.3 Å². The fourth-order valence-electron chi connectivity index (χ4n) is 2.45. The Balaban J connectivity index is 1.62. The van der Waals surface area contributed by atoms with Crippen LogP contribution in [-0.4, -0.2) is 21.8 Å². The number of nitrogens with zero attached hydrogens (tertiary/aromatic N) is 3. The number of methoxy groups -OCH3 is 1. The van der Waals surface area contributed by atoms with E-state index in [2.05, 4.69) is 10.1 Å². The summed E-state index contributed by atoms with van der Waals surface area (Å²) in [6, 6.07) is 10.7. The number of ether oxygens (including phenoxy) is 1. The van der Waals surface area contributed by atoms with Gasteiger partial charge in [0.2, 0.25) is 0 Å².